The van der Waals surface area contributed by atoms with E-state index in [1.54, 1.807) is 0 Å². The molecule has 0 bridgehead atoms. The lowest BCUT2D eigenvalue weighted by molar-refractivity contribution is -0.127. The molecule has 1 amide bonds. The molecular weight excluding hydrogens is 206 g/mol. The van der Waals surface area contributed by atoms with Gasteiger partial charge >= 0.3 is 0 Å². The minimum Gasteiger partial charge on any atom is -0.380 e. The van der Waals surface area contributed by atoms with Crippen molar-refractivity contribution in [3.63, 3.8) is 0 Å². The third-order valence-electron chi connectivity index (χ3n) is 3.33. The van der Waals surface area contributed by atoms with Gasteiger partial charge in [0.2, 0.25) is 5.91 Å². The first-order chi connectivity index (χ1) is 7.68. The largest absolute Gasteiger partial charge is 0.380 e. The molecule has 4 heteroatoms. The van der Waals surface area contributed by atoms with E-state index in [9.17, 15) is 4.79 Å². The number of hydrogen-bond acceptors (Lipinski definition) is 3. The molecule has 16 heavy (non-hydrogen) atoms. The fraction of sp³-hybridized carbons (Fsp3) is 0.917. The van der Waals surface area contributed by atoms with Crippen molar-refractivity contribution < 1.29 is 14.3 Å². The summed E-state index contributed by atoms with van der Waals surface area (Å²) in [5.41, 5.74) is 0.166. The summed E-state index contributed by atoms with van der Waals surface area (Å²) in [4.78, 5) is 11.6. The van der Waals surface area contributed by atoms with Crippen molar-refractivity contribution in [3.05, 3.63) is 0 Å². The van der Waals surface area contributed by atoms with E-state index in [2.05, 4.69) is 12.2 Å². The third-order valence-corrected chi connectivity index (χ3v) is 3.33. The first-order valence-electron chi connectivity index (χ1n) is 6.14. The SMILES string of the molecule is CC1(CNC(=O)CCC2CCCO2)COC1. The van der Waals surface area contributed by atoms with Crippen molar-refractivity contribution in [2.75, 3.05) is 26.4 Å². The van der Waals surface area contributed by atoms with Crippen LogP contribution in [0.15, 0.2) is 0 Å². The zero-order chi connectivity index (χ0) is 11.4. The van der Waals surface area contributed by atoms with Gasteiger partial charge < -0.3 is 14.8 Å². The van der Waals surface area contributed by atoms with E-state index in [1.165, 1.54) is 0 Å². The molecule has 2 aliphatic heterocycles. The van der Waals surface area contributed by atoms with Crippen molar-refractivity contribution in [2.24, 2.45) is 5.41 Å². The Morgan fingerprint density at radius 2 is 2.31 bits per heavy atom. The van der Waals surface area contributed by atoms with Crippen LogP contribution in [0.1, 0.15) is 32.6 Å². The highest BCUT2D eigenvalue weighted by Gasteiger charge is 2.33. The van der Waals surface area contributed by atoms with Gasteiger partial charge in [0.05, 0.1) is 19.3 Å². The van der Waals surface area contributed by atoms with E-state index in [-0.39, 0.29) is 11.3 Å². The van der Waals surface area contributed by atoms with Gasteiger partial charge in [0.1, 0.15) is 0 Å². The Hall–Kier alpha value is -0.610. The molecule has 0 aromatic rings. The smallest absolute Gasteiger partial charge is 0.220 e. The van der Waals surface area contributed by atoms with E-state index < -0.39 is 0 Å². The molecule has 2 rings (SSSR count). The molecule has 0 spiro atoms. The van der Waals surface area contributed by atoms with Crippen LogP contribution in [0.2, 0.25) is 0 Å². The summed E-state index contributed by atoms with van der Waals surface area (Å²) in [6, 6.07) is 0. The van der Waals surface area contributed by atoms with Gasteiger partial charge in [0.15, 0.2) is 0 Å². The second kappa shape index (κ2) is 5.15. The zero-order valence-electron chi connectivity index (χ0n) is 9.96. The van der Waals surface area contributed by atoms with Gasteiger partial charge in [-0.15, -0.1) is 0 Å². The van der Waals surface area contributed by atoms with E-state index in [0.717, 1.165) is 45.6 Å². The molecule has 2 saturated heterocycles. The molecule has 1 atom stereocenters. The monoisotopic (exact) mass is 227 g/mol. The summed E-state index contributed by atoms with van der Waals surface area (Å²) in [6.07, 6.45) is 4.01. The number of carbonyl (C=O) groups excluding carboxylic acids is 1. The van der Waals surface area contributed by atoms with Crippen LogP contribution in [-0.2, 0) is 14.3 Å². The minimum atomic E-state index is 0.142. The predicted molar refractivity (Wildman–Crippen MR) is 60.1 cm³/mol. The Balaban J connectivity index is 1.57. The highest BCUT2D eigenvalue weighted by atomic mass is 16.5. The number of amides is 1. The van der Waals surface area contributed by atoms with Crippen LogP contribution in [0.4, 0.5) is 0 Å². The average molecular weight is 227 g/mol. The third kappa shape index (κ3) is 3.19. The van der Waals surface area contributed by atoms with Gasteiger partial charge in [0.25, 0.3) is 0 Å². The molecule has 4 nitrogen and oxygen atoms in total. The van der Waals surface area contributed by atoms with E-state index in [1.807, 2.05) is 0 Å². The van der Waals surface area contributed by atoms with Crippen LogP contribution in [0.25, 0.3) is 0 Å². The number of rotatable bonds is 5. The average Bonchev–Trinajstić information content (AvgIpc) is 2.73. The topological polar surface area (TPSA) is 47.6 Å². The lowest BCUT2D eigenvalue weighted by Crippen LogP contribution is -2.48. The standard InChI is InChI=1S/C12H21NO3/c1-12(8-15-9-12)7-13-11(14)5-4-10-3-2-6-16-10/h10H,2-9H2,1H3,(H,13,14). The van der Waals surface area contributed by atoms with Gasteiger partial charge in [-0.25, -0.2) is 0 Å². The lowest BCUT2D eigenvalue weighted by atomic mass is 9.89. The second-order valence-corrected chi connectivity index (χ2v) is 5.25. The summed E-state index contributed by atoms with van der Waals surface area (Å²) in [5.74, 6) is 0.142. The number of carbonyl (C=O) groups is 1. The predicted octanol–water partition coefficient (Wildman–Crippen LogP) is 1.10. The van der Waals surface area contributed by atoms with Crippen molar-refractivity contribution in [1.29, 1.82) is 0 Å². The Morgan fingerprint density at radius 3 is 2.88 bits per heavy atom. The van der Waals surface area contributed by atoms with Crippen LogP contribution < -0.4 is 5.32 Å². The van der Waals surface area contributed by atoms with Crippen LogP contribution in [-0.4, -0.2) is 38.4 Å². The lowest BCUT2D eigenvalue weighted by Gasteiger charge is -2.38. The Kier molecular flexibility index (Phi) is 3.82. The number of hydrogen-bond donors (Lipinski definition) is 1. The Morgan fingerprint density at radius 1 is 1.50 bits per heavy atom. The molecular formula is C12H21NO3. The second-order valence-electron chi connectivity index (χ2n) is 5.25. The molecule has 92 valence electrons. The Labute approximate surface area is 96.7 Å². The van der Waals surface area contributed by atoms with Gasteiger partial charge in [-0.2, -0.15) is 0 Å². The molecule has 1 unspecified atom stereocenters. The van der Waals surface area contributed by atoms with Crippen molar-refractivity contribution >= 4 is 5.91 Å². The van der Waals surface area contributed by atoms with Crippen LogP contribution >= 0.6 is 0 Å². The number of ether oxygens (including phenoxy) is 2. The van der Waals surface area contributed by atoms with Gasteiger partial charge in [-0.1, -0.05) is 6.92 Å². The first-order valence-corrected chi connectivity index (χ1v) is 6.14. The first kappa shape index (κ1) is 11.9. The molecule has 0 saturated carbocycles. The normalized spacial score (nSPS) is 27.4. The summed E-state index contributed by atoms with van der Waals surface area (Å²) in [5, 5.41) is 2.97. The fourth-order valence-electron chi connectivity index (χ4n) is 2.12. The molecule has 1 N–H and O–H groups in total. The van der Waals surface area contributed by atoms with Crippen LogP contribution in [0.5, 0.6) is 0 Å². The maximum Gasteiger partial charge on any atom is 0.220 e. The molecule has 2 fully saturated rings. The van der Waals surface area contributed by atoms with Crippen LogP contribution in [0.3, 0.4) is 0 Å². The molecule has 0 aliphatic carbocycles. The summed E-state index contributed by atoms with van der Waals surface area (Å²) < 4.78 is 10.6. The number of nitrogens with one attached hydrogen (secondary N) is 1. The van der Waals surface area contributed by atoms with E-state index >= 15 is 0 Å². The highest BCUT2D eigenvalue weighted by Crippen LogP contribution is 2.25. The van der Waals surface area contributed by atoms with Crippen molar-refractivity contribution in [3.8, 4) is 0 Å². The van der Waals surface area contributed by atoms with Crippen molar-refractivity contribution in [1.82, 2.24) is 5.32 Å². The fourth-order valence-corrected chi connectivity index (χ4v) is 2.12. The van der Waals surface area contributed by atoms with Gasteiger partial charge in [-0.3, -0.25) is 4.79 Å². The zero-order valence-corrected chi connectivity index (χ0v) is 9.96. The van der Waals surface area contributed by atoms with Gasteiger partial charge in [-0.05, 0) is 19.3 Å². The van der Waals surface area contributed by atoms with Gasteiger partial charge in [0, 0.05) is 25.0 Å². The van der Waals surface area contributed by atoms with Crippen molar-refractivity contribution in [2.45, 2.75) is 38.7 Å². The summed E-state index contributed by atoms with van der Waals surface area (Å²) in [7, 11) is 0. The van der Waals surface area contributed by atoms with E-state index in [0.29, 0.717) is 12.5 Å². The molecule has 2 heterocycles. The Bertz CT molecular complexity index is 245. The quantitative estimate of drug-likeness (QED) is 0.765. The maximum absolute atomic E-state index is 11.6. The maximum atomic E-state index is 11.6. The summed E-state index contributed by atoms with van der Waals surface area (Å²) in [6.45, 7) is 5.26. The van der Waals surface area contributed by atoms with Crippen LogP contribution in [0, 0.1) is 5.41 Å². The molecule has 0 aromatic carbocycles. The minimum absolute atomic E-state index is 0.142. The molecule has 0 radical (unpaired) electrons. The molecule has 0 aromatic heterocycles. The highest BCUT2D eigenvalue weighted by molar-refractivity contribution is 5.75. The summed E-state index contributed by atoms with van der Waals surface area (Å²) >= 11 is 0. The van der Waals surface area contributed by atoms with E-state index in [4.69, 9.17) is 9.47 Å². The molecule has 2 aliphatic rings.